The van der Waals surface area contributed by atoms with E-state index in [2.05, 4.69) is 48.1 Å². The summed E-state index contributed by atoms with van der Waals surface area (Å²) in [6.07, 6.45) is 11.7. The number of rotatable bonds is 11. The number of hydrogen-bond donors (Lipinski definition) is 1. The van der Waals surface area contributed by atoms with Crippen LogP contribution in [0.15, 0.2) is 12.2 Å². The smallest absolute Gasteiger partial charge is 0.309 e. The van der Waals surface area contributed by atoms with Crippen LogP contribution in [0, 0.1) is 62.1 Å². The van der Waals surface area contributed by atoms with Gasteiger partial charge in [0.1, 0.15) is 11.7 Å². The lowest BCUT2D eigenvalue weighted by atomic mass is 9.32. The number of carbonyl (C=O) groups excluding carboxylic acids is 3. The van der Waals surface area contributed by atoms with E-state index in [1.54, 1.807) is 13.8 Å². The Balaban J connectivity index is 1.31. The van der Waals surface area contributed by atoms with Gasteiger partial charge in [-0.3, -0.25) is 19.2 Å². The molecular formula is C45H72O8. The molecule has 300 valence electrons. The fourth-order valence-corrected chi connectivity index (χ4v) is 13.6. The number of carboxylic acids is 1. The first kappa shape index (κ1) is 41.8. The first-order valence-corrected chi connectivity index (χ1v) is 20.8. The van der Waals surface area contributed by atoms with Gasteiger partial charge in [0.15, 0.2) is 0 Å². The lowest BCUT2D eigenvalue weighted by molar-refractivity contribution is -0.251. The molecule has 53 heavy (non-hydrogen) atoms. The van der Waals surface area contributed by atoms with Gasteiger partial charge in [-0.2, -0.15) is 0 Å². The highest BCUT2D eigenvalue weighted by atomic mass is 16.6. The summed E-state index contributed by atoms with van der Waals surface area (Å²) in [7, 11) is 0. The standard InChI is InChI=1S/C45H72O8/c1-28(2)29-17-22-45(25-26-51-34(46)15-16-35(47)53-39(3,4)5)24-23-43(11)30(37(29)45)13-14-32-42(10)20-19-33(52-36(48)27-40(6,7)38(49)50)41(8,9)31(42)18-21-44(32,43)12/h29-33,37H,1,13-27H2,2-12H3,(H,49,50)/t29-,30+,31-,32+,33-,37+,42-,43+,44+,45+/m0/s1. The molecule has 0 bridgehead atoms. The number of fused-ring (bicyclic) bond motifs is 7. The average Bonchev–Trinajstić information content (AvgIpc) is 3.41. The Kier molecular flexibility index (Phi) is 11.3. The van der Waals surface area contributed by atoms with Gasteiger partial charge < -0.3 is 19.3 Å². The molecule has 0 aromatic carbocycles. The van der Waals surface area contributed by atoms with Crippen molar-refractivity contribution < 1.29 is 38.5 Å². The lowest BCUT2D eigenvalue weighted by Gasteiger charge is -2.73. The molecule has 0 radical (unpaired) electrons. The van der Waals surface area contributed by atoms with Gasteiger partial charge >= 0.3 is 23.9 Å². The molecular weight excluding hydrogens is 668 g/mol. The van der Waals surface area contributed by atoms with Crippen molar-refractivity contribution in [3.05, 3.63) is 12.2 Å². The van der Waals surface area contributed by atoms with Crippen molar-refractivity contribution >= 4 is 23.9 Å². The van der Waals surface area contributed by atoms with Crippen LogP contribution >= 0.6 is 0 Å². The van der Waals surface area contributed by atoms with E-state index < -0.39 is 23.0 Å². The van der Waals surface area contributed by atoms with E-state index in [0.717, 1.165) is 51.4 Å². The number of ether oxygens (including phenoxy) is 3. The second-order valence-electron chi connectivity index (χ2n) is 21.3. The molecule has 5 fully saturated rings. The zero-order valence-corrected chi connectivity index (χ0v) is 35.1. The molecule has 5 rings (SSSR count). The lowest BCUT2D eigenvalue weighted by Crippen LogP contribution is -2.66. The van der Waals surface area contributed by atoms with Crippen LogP contribution < -0.4 is 0 Å². The highest BCUT2D eigenvalue weighted by Crippen LogP contribution is 2.78. The number of carboxylic acid groups (broad SMARTS) is 1. The van der Waals surface area contributed by atoms with Crippen molar-refractivity contribution in [1.29, 1.82) is 0 Å². The van der Waals surface area contributed by atoms with Gasteiger partial charge in [0.25, 0.3) is 0 Å². The summed E-state index contributed by atoms with van der Waals surface area (Å²) in [6.45, 7) is 28.2. The highest BCUT2D eigenvalue weighted by molar-refractivity contribution is 5.81. The molecule has 0 spiro atoms. The second kappa shape index (κ2) is 14.3. The highest BCUT2D eigenvalue weighted by Gasteiger charge is 2.71. The Hall–Kier alpha value is -2.38. The third-order valence-corrected chi connectivity index (χ3v) is 16.4. The molecule has 0 unspecified atom stereocenters. The summed E-state index contributed by atoms with van der Waals surface area (Å²) in [5, 5.41) is 9.60. The third-order valence-electron chi connectivity index (χ3n) is 16.4. The number of aliphatic carboxylic acids is 1. The molecule has 0 aromatic heterocycles. The number of carbonyl (C=O) groups is 4. The molecule has 0 saturated heterocycles. The molecule has 8 heteroatoms. The van der Waals surface area contributed by atoms with Crippen molar-refractivity contribution in [3.63, 3.8) is 0 Å². The van der Waals surface area contributed by atoms with Crippen LogP contribution in [0.3, 0.4) is 0 Å². The maximum absolute atomic E-state index is 13.1. The Labute approximate surface area is 320 Å². The summed E-state index contributed by atoms with van der Waals surface area (Å²) in [5.41, 5.74) is -0.0424. The Morgan fingerprint density at radius 2 is 1.42 bits per heavy atom. The van der Waals surface area contributed by atoms with Crippen LogP contribution in [0.4, 0.5) is 0 Å². The van der Waals surface area contributed by atoms with Gasteiger partial charge in [0.05, 0.1) is 31.3 Å². The topological polar surface area (TPSA) is 116 Å². The van der Waals surface area contributed by atoms with Crippen molar-refractivity contribution in [2.24, 2.45) is 62.1 Å². The van der Waals surface area contributed by atoms with E-state index in [-0.39, 0.29) is 64.4 Å². The molecule has 0 aromatic rings. The summed E-state index contributed by atoms with van der Waals surface area (Å²) in [5.74, 6) is 0.467. The molecule has 0 heterocycles. The fraction of sp³-hybridized carbons (Fsp3) is 0.867. The monoisotopic (exact) mass is 741 g/mol. The van der Waals surface area contributed by atoms with E-state index in [4.69, 9.17) is 14.2 Å². The van der Waals surface area contributed by atoms with Crippen LogP contribution in [0.1, 0.15) is 166 Å². The predicted molar refractivity (Wildman–Crippen MR) is 206 cm³/mol. The van der Waals surface area contributed by atoms with Gasteiger partial charge in [0.2, 0.25) is 0 Å². The normalized spacial score (nSPS) is 39.0. The van der Waals surface area contributed by atoms with Crippen molar-refractivity contribution in [1.82, 2.24) is 0 Å². The van der Waals surface area contributed by atoms with Crippen molar-refractivity contribution in [3.8, 4) is 0 Å². The number of esters is 3. The van der Waals surface area contributed by atoms with Crippen LogP contribution in [-0.4, -0.2) is 47.3 Å². The molecule has 0 aliphatic heterocycles. The van der Waals surface area contributed by atoms with E-state index in [9.17, 15) is 24.3 Å². The predicted octanol–water partition coefficient (Wildman–Crippen LogP) is 10.1. The molecule has 5 saturated carbocycles. The van der Waals surface area contributed by atoms with E-state index in [1.807, 2.05) is 20.8 Å². The van der Waals surface area contributed by atoms with Crippen LogP contribution in [-0.2, 0) is 33.4 Å². The molecule has 5 aliphatic rings. The first-order chi connectivity index (χ1) is 24.3. The molecule has 0 amide bonds. The van der Waals surface area contributed by atoms with Gasteiger partial charge in [-0.15, -0.1) is 0 Å². The molecule has 5 aliphatic carbocycles. The maximum Gasteiger partial charge on any atom is 0.309 e. The summed E-state index contributed by atoms with van der Waals surface area (Å²) >= 11 is 0. The number of hydrogen-bond acceptors (Lipinski definition) is 7. The van der Waals surface area contributed by atoms with Gasteiger partial charge in [-0.25, -0.2) is 0 Å². The van der Waals surface area contributed by atoms with Crippen molar-refractivity contribution in [2.45, 2.75) is 178 Å². The van der Waals surface area contributed by atoms with Gasteiger partial charge in [-0.1, -0.05) is 46.8 Å². The SMILES string of the molecule is C=C(C)[C@@H]1CC[C@]2(CCOC(=O)CCC(=O)OC(C)(C)C)CC[C@]3(C)[C@H](CC[C@@H]4[C@@]5(C)CC[C@H](OC(=O)CC(C)(C)C(=O)O)C(C)(C)[C@@H]5CC[C@]43C)[C@@H]12. The van der Waals surface area contributed by atoms with E-state index in [0.29, 0.717) is 36.2 Å². The quantitative estimate of drug-likeness (QED) is 0.126. The minimum atomic E-state index is -1.15. The first-order valence-electron chi connectivity index (χ1n) is 20.8. The maximum atomic E-state index is 13.1. The summed E-state index contributed by atoms with van der Waals surface area (Å²) < 4.78 is 17.4. The average molecular weight is 741 g/mol. The van der Waals surface area contributed by atoms with Crippen LogP contribution in [0.25, 0.3) is 0 Å². The minimum Gasteiger partial charge on any atom is -0.481 e. The van der Waals surface area contributed by atoms with E-state index >= 15 is 0 Å². The van der Waals surface area contributed by atoms with Gasteiger partial charge in [-0.05, 0) is 163 Å². The Morgan fingerprint density at radius 1 is 0.755 bits per heavy atom. The largest absolute Gasteiger partial charge is 0.481 e. The zero-order chi connectivity index (χ0) is 39.6. The number of allylic oxidation sites excluding steroid dienone is 1. The second-order valence-corrected chi connectivity index (χ2v) is 21.3. The molecule has 8 nitrogen and oxygen atoms in total. The van der Waals surface area contributed by atoms with Crippen LogP contribution in [0.5, 0.6) is 0 Å². The van der Waals surface area contributed by atoms with Crippen molar-refractivity contribution in [2.75, 3.05) is 6.61 Å². The Morgan fingerprint density at radius 3 is 2.04 bits per heavy atom. The third kappa shape index (κ3) is 7.48. The van der Waals surface area contributed by atoms with Gasteiger partial charge in [0, 0.05) is 5.41 Å². The molecule has 10 atom stereocenters. The Bertz CT molecular complexity index is 1450. The molecule has 1 N–H and O–H groups in total. The summed E-state index contributed by atoms with van der Waals surface area (Å²) in [6, 6.07) is 0. The zero-order valence-electron chi connectivity index (χ0n) is 35.1. The van der Waals surface area contributed by atoms with Crippen LogP contribution in [0.2, 0.25) is 0 Å². The van der Waals surface area contributed by atoms with E-state index in [1.165, 1.54) is 24.8 Å². The minimum absolute atomic E-state index is 0.0374. The fourth-order valence-electron chi connectivity index (χ4n) is 13.6. The summed E-state index contributed by atoms with van der Waals surface area (Å²) in [4.78, 5) is 49.8.